The van der Waals surface area contributed by atoms with E-state index in [1.165, 1.54) is 24.3 Å². The quantitative estimate of drug-likeness (QED) is 0.739. The van der Waals surface area contributed by atoms with Gasteiger partial charge in [-0.05, 0) is 18.9 Å². The van der Waals surface area contributed by atoms with Gasteiger partial charge in [-0.15, -0.1) is 0 Å². The van der Waals surface area contributed by atoms with E-state index in [9.17, 15) is 19.5 Å². The van der Waals surface area contributed by atoms with Gasteiger partial charge in [-0.1, -0.05) is 12.8 Å². The number of aromatic nitrogens is 2. The first-order valence-corrected chi connectivity index (χ1v) is 8.82. The van der Waals surface area contributed by atoms with Crippen LogP contribution in [0.5, 0.6) is 6.01 Å². The molecule has 27 heavy (non-hydrogen) atoms. The Bertz CT molecular complexity index is 727. The summed E-state index contributed by atoms with van der Waals surface area (Å²) in [7, 11) is 1.39. The normalized spacial score (nSPS) is 25.7. The van der Waals surface area contributed by atoms with Crippen molar-refractivity contribution < 1.29 is 29.0 Å². The van der Waals surface area contributed by atoms with Crippen molar-refractivity contribution in [2.24, 2.45) is 0 Å². The van der Waals surface area contributed by atoms with E-state index in [0.29, 0.717) is 19.4 Å². The lowest BCUT2D eigenvalue weighted by atomic mass is 9.96. The van der Waals surface area contributed by atoms with Crippen molar-refractivity contribution in [1.82, 2.24) is 20.2 Å². The highest BCUT2D eigenvalue weighted by atomic mass is 16.5. The average molecular weight is 378 g/mol. The second kappa shape index (κ2) is 8.30. The molecule has 2 amide bonds. The van der Waals surface area contributed by atoms with Crippen molar-refractivity contribution in [3.8, 4) is 6.01 Å². The SMILES string of the molecule is COc1nccc(C(=O)NC2CCCCC3COCC(C(=O)O)N3C2=O)n1. The number of fused-ring (bicyclic) bond motifs is 1. The van der Waals surface area contributed by atoms with E-state index in [1.807, 2.05) is 0 Å². The summed E-state index contributed by atoms with van der Waals surface area (Å²) < 4.78 is 10.3. The summed E-state index contributed by atoms with van der Waals surface area (Å²) >= 11 is 0. The molecule has 146 valence electrons. The number of nitrogens with zero attached hydrogens (tertiary/aromatic N) is 3. The van der Waals surface area contributed by atoms with E-state index in [0.717, 1.165) is 12.8 Å². The molecule has 0 saturated carbocycles. The summed E-state index contributed by atoms with van der Waals surface area (Å²) in [6, 6.07) is -0.700. The molecular weight excluding hydrogens is 356 g/mol. The lowest BCUT2D eigenvalue weighted by Crippen LogP contribution is -2.62. The Labute approximate surface area is 155 Å². The maximum absolute atomic E-state index is 13.1. The maximum atomic E-state index is 13.1. The van der Waals surface area contributed by atoms with Crippen molar-refractivity contribution in [3.63, 3.8) is 0 Å². The first-order chi connectivity index (χ1) is 13.0. The molecular formula is C17H22N4O6. The number of carbonyl (C=O) groups is 3. The smallest absolute Gasteiger partial charge is 0.328 e. The first-order valence-electron chi connectivity index (χ1n) is 8.82. The molecule has 3 atom stereocenters. The molecule has 0 radical (unpaired) electrons. The van der Waals surface area contributed by atoms with E-state index < -0.39 is 29.9 Å². The molecule has 2 N–H and O–H groups in total. The van der Waals surface area contributed by atoms with Gasteiger partial charge in [0.15, 0.2) is 6.04 Å². The lowest BCUT2D eigenvalue weighted by molar-refractivity contribution is -0.165. The minimum Gasteiger partial charge on any atom is -0.480 e. The number of rotatable bonds is 4. The largest absolute Gasteiger partial charge is 0.480 e. The van der Waals surface area contributed by atoms with Crippen LogP contribution in [0.25, 0.3) is 0 Å². The van der Waals surface area contributed by atoms with Crippen LogP contribution in [-0.2, 0) is 14.3 Å². The van der Waals surface area contributed by atoms with Crippen molar-refractivity contribution in [2.45, 2.75) is 43.8 Å². The first kappa shape index (κ1) is 19.0. The zero-order valence-electron chi connectivity index (χ0n) is 15.0. The highest BCUT2D eigenvalue weighted by molar-refractivity contribution is 5.97. The molecule has 1 aromatic heterocycles. The highest BCUT2D eigenvalue weighted by Gasteiger charge is 2.42. The number of amides is 2. The molecule has 0 aliphatic carbocycles. The maximum Gasteiger partial charge on any atom is 0.328 e. The van der Waals surface area contributed by atoms with Crippen LogP contribution in [0.4, 0.5) is 0 Å². The van der Waals surface area contributed by atoms with Crippen LogP contribution in [0, 0.1) is 0 Å². The Hall–Kier alpha value is -2.75. The van der Waals surface area contributed by atoms with Crippen molar-refractivity contribution >= 4 is 17.8 Å². The third-order valence-corrected chi connectivity index (χ3v) is 4.79. The molecule has 1 aromatic rings. The number of carbonyl (C=O) groups excluding carboxylic acids is 2. The summed E-state index contributed by atoms with van der Waals surface area (Å²) in [6.45, 7) is 0.251. The standard InChI is InChI=1S/C17H22N4O6/c1-26-17-18-7-6-11(20-17)14(22)19-12-5-3-2-4-10-8-27-9-13(16(24)25)21(10)15(12)23/h6-7,10,12-13H,2-5,8-9H2,1H3,(H,19,22)(H,24,25). The Balaban J connectivity index is 1.80. The number of nitrogens with one attached hydrogen (secondary N) is 1. The highest BCUT2D eigenvalue weighted by Crippen LogP contribution is 2.24. The molecule has 2 fully saturated rings. The van der Waals surface area contributed by atoms with Crippen LogP contribution in [0.3, 0.4) is 0 Å². The van der Waals surface area contributed by atoms with Crippen LogP contribution in [-0.4, -0.2) is 76.2 Å². The van der Waals surface area contributed by atoms with Crippen LogP contribution in [0.1, 0.15) is 36.2 Å². The topological polar surface area (TPSA) is 131 Å². The van der Waals surface area contributed by atoms with Crippen LogP contribution in [0.2, 0.25) is 0 Å². The molecule has 10 heteroatoms. The van der Waals surface area contributed by atoms with Gasteiger partial charge in [0.25, 0.3) is 5.91 Å². The Morgan fingerprint density at radius 1 is 1.33 bits per heavy atom. The van der Waals surface area contributed by atoms with Crippen molar-refractivity contribution in [3.05, 3.63) is 18.0 Å². The fraction of sp³-hybridized carbons (Fsp3) is 0.588. The molecule has 0 spiro atoms. The lowest BCUT2D eigenvalue weighted by Gasteiger charge is -2.43. The van der Waals surface area contributed by atoms with Gasteiger partial charge in [0.1, 0.15) is 11.7 Å². The number of aliphatic carboxylic acids is 1. The summed E-state index contributed by atoms with van der Waals surface area (Å²) in [4.78, 5) is 46.4. The molecule has 0 bridgehead atoms. The number of hydrogen-bond acceptors (Lipinski definition) is 7. The van der Waals surface area contributed by atoms with Gasteiger partial charge in [-0.25, -0.2) is 9.78 Å². The van der Waals surface area contributed by atoms with E-state index in [2.05, 4.69) is 15.3 Å². The second-order valence-electron chi connectivity index (χ2n) is 6.53. The van der Waals surface area contributed by atoms with Gasteiger partial charge in [0, 0.05) is 6.20 Å². The predicted molar refractivity (Wildman–Crippen MR) is 91.2 cm³/mol. The van der Waals surface area contributed by atoms with Crippen LogP contribution in [0.15, 0.2) is 12.3 Å². The number of carboxylic acids is 1. The second-order valence-corrected chi connectivity index (χ2v) is 6.53. The molecule has 10 nitrogen and oxygen atoms in total. The molecule has 3 rings (SSSR count). The number of methoxy groups -OCH3 is 1. The van der Waals surface area contributed by atoms with Crippen molar-refractivity contribution in [2.75, 3.05) is 20.3 Å². The van der Waals surface area contributed by atoms with Gasteiger partial charge in [-0.2, -0.15) is 4.98 Å². The molecule has 2 saturated heterocycles. The van der Waals surface area contributed by atoms with E-state index in [4.69, 9.17) is 9.47 Å². The Morgan fingerprint density at radius 3 is 2.85 bits per heavy atom. The molecule has 3 heterocycles. The third kappa shape index (κ3) is 4.16. The van der Waals surface area contributed by atoms with E-state index >= 15 is 0 Å². The van der Waals surface area contributed by atoms with E-state index in [-0.39, 0.29) is 24.4 Å². The van der Waals surface area contributed by atoms with Crippen LogP contribution < -0.4 is 10.1 Å². The Morgan fingerprint density at radius 2 is 2.11 bits per heavy atom. The average Bonchev–Trinajstić information content (AvgIpc) is 2.68. The summed E-state index contributed by atoms with van der Waals surface area (Å²) in [5.74, 6) is -2.05. The van der Waals surface area contributed by atoms with E-state index in [1.54, 1.807) is 0 Å². The number of morpholine rings is 1. The van der Waals surface area contributed by atoms with Crippen LogP contribution >= 0.6 is 0 Å². The summed E-state index contributed by atoms with van der Waals surface area (Å²) in [5.41, 5.74) is 0.0741. The monoisotopic (exact) mass is 378 g/mol. The zero-order chi connectivity index (χ0) is 19.4. The molecule has 2 aliphatic heterocycles. The summed E-state index contributed by atoms with van der Waals surface area (Å²) in [5, 5.41) is 12.2. The summed E-state index contributed by atoms with van der Waals surface area (Å²) in [6.07, 6.45) is 4.06. The number of hydrogen-bond donors (Lipinski definition) is 2. The van der Waals surface area contributed by atoms with Gasteiger partial charge in [0.2, 0.25) is 5.91 Å². The molecule has 2 aliphatic rings. The minimum absolute atomic E-state index is 0.0471. The van der Waals surface area contributed by atoms with Crippen molar-refractivity contribution in [1.29, 1.82) is 0 Å². The van der Waals surface area contributed by atoms with Gasteiger partial charge >= 0.3 is 12.0 Å². The fourth-order valence-electron chi connectivity index (χ4n) is 3.44. The minimum atomic E-state index is -1.11. The predicted octanol–water partition coefficient (Wildman–Crippen LogP) is -0.162. The van der Waals surface area contributed by atoms with Gasteiger partial charge in [-0.3, -0.25) is 9.59 Å². The Kier molecular flexibility index (Phi) is 5.84. The number of carboxylic acid groups (broad SMARTS) is 1. The van der Waals surface area contributed by atoms with Gasteiger partial charge < -0.3 is 24.8 Å². The third-order valence-electron chi connectivity index (χ3n) is 4.79. The molecule has 0 aromatic carbocycles. The molecule has 3 unspecified atom stereocenters. The fourth-order valence-corrected chi connectivity index (χ4v) is 3.44. The number of ether oxygens (including phenoxy) is 2. The zero-order valence-corrected chi connectivity index (χ0v) is 15.0. The van der Waals surface area contributed by atoms with Gasteiger partial charge in [0.05, 0.1) is 26.4 Å².